The standard InChI is InChI=1S/C15H28N2O5/c1-10(9-12(19)21-6)13(16)11(18)7-8-17(5)14(20)22-15(2,3)4/h10,13H,7-9,16H2,1-6H3. The lowest BCUT2D eigenvalue weighted by atomic mass is 9.94. The first-order valence-corrected chi connectivity index (χ1v) is 7.27. The molecule has 7 heteroatoms. The Kier molecular flexibility index (Phi) is 8.08. The van der Waals surface area contributed by atoms with Gasteiger partial charge in [-0.3, -0.25) is 9.59 Å². The second kappa shape index (κ2) is 8.73. The lowest BCUT2D eigenvalue weighted by molar-refractivity contribution is -0.141. The highest BCUT2D eigenvalue weighted by molar-refractivity contribution is 5.85. The van der Waals surface area contributed by atoms with Crippen molar-refractivity contribution in [2.45, 2.75) is 52.2 Å². The number of nitrogens with two attached hydrogens (primary N) is 1. The number of hydrogen-bond donors (Lipinski definition) is 1. The first-order valence-electron chi connectivity index (χ1n) is 7.27. The highest BCUT2D eigenvalue weighted by Crippen LogP contribution is 2.12. The quantitative estimate of drug-likeness (QED) is 0.712. The van der Waals surface area contributed by atoms with Crippen LogP contribution in [-0.2, 0) is 19.1 Å². The zero-order chi connectivity index (χ0) is 17.5. The maximum Gasteiger partial charge on any atom is 0.410 e. The molecule has 7 nitrogen and oxygen atoms in total. The summed E-state index contributed by atoms with van der Waals surface area (Å²) in [6.07, 6.45) is -0.287. The SMILES string of the molecule is COC(=O)CC(C)C(N)C(=O)CCN(C)C(=O)OC(C)(C)C. The number of hydrogen-bond acceptors (Lipinski definition) is 6. The maximum absolute atomic E-state index is 12.0. The molecule has 0 rings (SSSR count). The summed E-state index contributed by atoms with van der Waals surface area (Å²) in [7, 11) is 2.85. The van der Waals surface area contributed by atoms with Crippen LogP contribution in [0.5, 0.6) is 0 Å². The predicted molar refractivity (Wildman–Crippen MR) is 82.3 cm³/mol. The molecule has 0 bridgehead atoms. The van der Waals surface area contributed by atoms with Crippen LogP contribution in [0.1, 0.15) is 40.5 Å². The van der Waals surface area contributed by atoms with E-state index in [0.717, 1.165) is 0 Å². The summed E-state index contributed by atoms with van der Waals surface area (Å²) in [4.78, 5) is 36.3. The van der Waals surface area contributed by atoms with E-state index in [9.17, 15) is 14.4 Å². The minimum atomic E-state index is -0.758. The third-order valence-electron chi connectivity index (χ3n) is 3.10. The number of carbonyl (C=O) groups is 3. The molecular weight excluding hydrogens is 288 g/mol. The highest BCUT2D eigenvalue weighted by Gasteiger charge is 2.25. The fraction of sp³-hybridized carbons (Fsp3) is 0.800. The van der Waals surface area contributed by atoms with Gasteiger partial charge in [-0.2, -0.15) is 0 Å². The zero-order valence-corrected chi connectivity index (χ0v) is 14.3. The van der Waals surface area contributed by atoms with E-state index in [1.807, 2.05) is 0 Å². The van der Waals surface area contributed by atoms with Gasteiger partial charge in [-0.15, -0.1) is 0 Å². The monoisotopic (exact) mass is 316 g/mol. The van der Waals surface area contributed by atoms with E-state index < -0.39 is 23.7 Å². The largest absolute Gasteiger partial charge is 0.469 e. The van der Waals surface area contributed by atoms with Gasteiger partial charge in [0.1, 0.15) is 5.60 Å². The molecule has 0 aliphatic rings. The molecule has 0 saturated carbocycles. The summed E-state index contributed by atoms with van der Waals surface area (Å²) in [5.41, 5.74) is 5.25. The van der Waals surface area contributed by atoms with Gasteiger partial charge in [-0.1, -0.05) is 6.92 Å². The Morgan fingerprint density at radius 2 is 1.77 bits per heavy atom. The molecule has 0 aromatic heterocycles. The minimum Gasteiger partial charge on any atom is -0.469 e. The number of nitrogens with zero attached hydrogens (tertiary/aromatic N) is 1. The van der Waals surface area contributed by atoms with Crippen molar-refractivity contribution >= 4 is 17.8 Å². The highest BCUT2D eigenvalue weighted by atomic mass is 16.6. The molecule has 0 aromatic carbocycles. The lowest BCUT2D eigenvalue weighted by Crippen LogP contribution is -2.41. The molecule has 22 heavy (non-hydrogen) atoms. The Morgan fingerprint density at radius 1 is 1.23 bits per heavy atom. The van der Waals surface area contributed by atoms with Crippen molar-refractivity contribution in [2.75, 3.05) is 20.7 Å². The average Bonchev–Trinajstić information content (AvgIpc) is 2.41. The van der Waals surface area contributed by atoms with Crippen LogP contribution in [-0.4, -0.2) is 55.1 Å². The second-order valence-electron chi connectivity index (χ2n) is 6.40. The van der Waals surface area contributed by atoms with Crippen LogP contribution in [0, 0.1) is 5.92 Å². The van der Waals surface area contributed by atoms with Crippen molar-refractivity contribution in [3.05, 3.63) is 0 Å². The molecule has 2 atom stereocenters. The van der Waals surface area contributed by atoms with Crippen LogP contribution < -0.4 is 5.73 Å². The average molecular weight is 316 g/mol. The summed E-state index contributed by atoms with van der Waals surface area (Å²) in [5.74, 6) is -0.916. The van der Waals surface area contributed by atoms with Crippen molar-refractivity contribution in [1.29, 1.82) is 0 Å². The molecule has 0 radical (unpaired) electrons. The van der Waals surface area contributed by atoms with E-state index in [1.54, 1.807) is 34.7 Å². The lowest BCUT2D eigenvalue weighted by Gasteiger charge is -2.25. The van der Waals surface area contributed by atoms with Crippen LogP contribution in [0.2, 0.25) is 0 Å². The van der Waals surface area contributed by atoms with Crippen molar-refractivity contribution in [2.24, 2.45) is 11.7 Å². The summed E-state index contributed by atoms with van der Waals surface area (Å²) in [6, 6.07) is -0.758. The molecule has 2 unspecified atom stereocenters. The molecule has 0 aliphatic carbocycles. The van der Waals surface area contributed by atoms with Gasteiger partial charge in [0.2, 0.25) is 0 Å². The first kappa shape index (κ1) is 20.4. The van der Waals surface area contributed by atoms with Crippen LogP contribution in [0.4, 0.5) is 4.79 Å². The van der Waals surface area contributed by atoms with Crippen LogP contribution in [0.25, 0.3) is 0 Å². The second-order valence-corrected chi connectivity index (χ2v) is 6.40. The number of Topliss-reactive ketones (excluding diaryl/α,β-unsaturated/α-hetero) is 1. The molecule has 128 valence electrons. The molecule has 2 N–H and O–H groups in total. The molecule has 1 amide bonds. The number of ketones is 1. The zero-order valence-electron chi connectivity index (χ0n) is 14.3. The Morgan fingerprint density at radius 3 is 2.23 bits per heavy atom. The number of methoxy groups -OCH3 is 1. The Labute approximate surface area is 132 Å². The fourth-order valence-electron chi connectivity index (χ4n) is 1.67. The molecule has 0 heterocycles. The fourth-order valence-corrected chi connectivity index (χ4v) is 1.67. The normalized spacial score (nSPS) is 14.0. The van der Waals surface area contributed by atoms with Gasteiger partial charge in [0.05, 0.1) is 13.2 Å². The van der Waals surface area contributed by atoms with Crippen LogP contribution >= 0.6 is 0 Å². The smallest absolute Gasteiger partial charge is 0.410 e. The summed E-state index contributed by atoms with van der Waals surface area (Å²) < 4.78 is 9.74. The molecule has 0 aliphatic heterocycles. The Bertz CT molecular complexity index is 403. The molecule has 0 aromatic rings. The number of rotatable bonds is 7. The number of amides is 1. The number of carbonyl (C=O) groups excluding carboxylic acids is 3. The van der Waals surface area contributed by atoms with Gasteiger partial charge < -0.3 is 20.1 Å². The molecule has 0 fully saturated rings. The van der Waals surface area contributed by atoms with E-state index in [1.165, 1.54) is 12.0 Å². The summed E-state index contributed by atoms with van der Waals surface area (Å²) in [6.45, 7) is 7.25. The van der Waals surface area contributed by atoms with Crippen LogP contribution in [0.3, 0.4) is 0 Å². The van der Waals surface area contributed by atoms with Gasteiger partial charge in [0.15, 0.2) is 5.78 Å². The van der Waals surface area contributed by atoms with Crippen LogP contribution in [0.15, 0.2) is 0 Å². The van der Waals surface area contributed by atoms with Crippen molar-refractivity contribution in [1.82, 2.24) is 4.90 Å². The summed E-state index contributed by atoms with van der Waals surface area (Å²) >= 11 is 0. The van der Waals surface area contributed by atoms with Gasteiger partial charge in [-0.25, -0.2) is 4.79 Å². The van der Waals surface area contributed by atoms with Gasteiger partial charge >= 0.3 is 12.1 Å². The minimum absolute atomic E-state index is 0.0886. The van der Waals surface area contributed by atoms with E-state index in [4.69, 9.17) is 10.5 Å². The van der Waals surface area contributed by atoms with Crippen molar-refractivity contribution in [3.8, 4) is 0 Å². The topological polar surface area (TPSA) is 98.9 Å². The molecular formula is C15H28N2O5. The van der Waals surface area contributed by atoms with Gasteiger partial charge in [0, 0.05) is 26.4 Å². The van der Waals surface area contributed by atoms with E-state index >= 15 is 0 Å². The van der Waals surface area contributed by atoms with Crippen molar-refractivity contribution in [3.63, 3.8) is 0 Å². The molecule has 0 spiro atoms. The van der Waals surface area contributed by atoms with Crippen molar-refractivity contribution < 1.29 is 23.9 Å². The number of esters is 1. The maximum atomic E-state index is 12.0. The Hall–Kier alpha value is -1.63. The third kappa shape index (κ3) is 7.97. The first-order chi connectivity index (χ1) is 9.97. The molecule has 0 saturated heterocycles. The Balaban J connectivity index is 4.31. The third-order valence-corrected chi connectivity index (χ3v) is 3.10. The van der Waals surface area contributed by atoms with E-state index in [-0.39, 0.29) is 31.1 Å². The number of ether oxygens (including phenoxy) is 2. The van der Waals surface area contributed by atoms with E-state index in [0.29, 0.717) is 0 Å². The summed E-state index contributed by atoms with van der Waals surface area (Å²) in [5, 5.41) is 0. The van der Waals surface area contributed by atoms with Gasteiger partial charge in [-0.05, 0) is 26.7 Å². The van der Waals surface area contributed by atoms with E-state index in [2.05, 4.69) is 4.74 Å². The van der Waals surface area contributed by atoms with Gasteiger partial charge in [0.25, 0.3) is 0 Å². The predicted octanol–water partition coefficient (Wildman–Crippen LogP) is 1.34.